The molecule has 0 saturated carbocycles. The Morgan fingerprint density at radius 2 is 1.85 bits per heavy atom. The Hall–Kier alpha value is -3.13. The third kappa shape index (κ3) is 4.48. The van der Waals surface area contributed by atoms with Crippen molar-refractivity contribution in [3.63, 3.8) is 0 Å². The highest BCUT2D eigenvalue weighted by Gasteiger charge is 2.10. The molecule has 0 aliphatic rings. The van der Waals surface area contributed by atoms with Crippen molar-refractivity contribution in [2.24, 2.45) is 10.2 Å². The van der Waals surface area contributed by atoms with E-state index in [0.29, 0.717) is 5.69 Å². The molecule has 0 saturated heterocycles. The third-order valence-corrected chi connectivity index (χ3v) is 4.56. The fraction of sp³-hybridized carbons (Fsp3) is 0.167. The van der Waals surface area contributed by atoms with Crippen LogP contribution in [0.4, 0.5) is 21.5 Å². The zero-order valence-electron chi connectivity index (χ0n) is 14.1. The first kappa shape index (κ1) is 17.7. The number of anilines is 1. The van der Waals surface area contributed by atoms with E-state index in [-0.39, 0.29) is 10.1 Å². The molecule has 0 fully saturated rings. The largest absolute Gasteiger partial charge is 0.367 e. The van der Waals surface area contributed by atoms with Crippen LogP contribution in [-0.4, -0.2) is 16.5 Å². The topological polar surface area (TPSA) is 84.0 Å². The van der Waals surface area contributed by atoms with Gasteiger partial charge in [-0.1, -0.05) is 30.3 Å². The molecule has 3 rings (SSSR count). The highest BCUT2D eigenvalue weighted by atomic mass is 32.1. The van der Waals surface area contributed by atoms with Gasteiger partial charge in [0.25, 0.3) is 0 Å². The number of azo groups is 1. The molecule has 0 atom stereocenters. The van der Waals surface area contributed by atoms with E-state index in [4.69, 9.17) is 0 Å². The molecule has 0 bridgehead atoms. The Kier molecular flexibility index (Phi) is 5.65. The maximum atomic E-state index is 10.6. The van der Waals surface area contributed by atoms with Crippen LogP contribution >= 0.6 is 11.3 Å². The van der Waals surface area contributed by atoms with E-state index < -0.39 is 4.92 Å². The summed E-state index contributed by atoms with van der Waals surface area (Å²) >= 11 is 0.894. The van der Waals surface area contributed by atoms with Gasteiger partial charge in [0, 0.05) is 18.8 Å². The zero-order valence-corrected chi connectivity index (χ0v) is 15.0. The van der Waals surface area contributed by atoms with Crippen LogP contribution in [0.3, 0.4) is 0 Å². The van der Waals surface area contributed by atoms with E-state index in [1.54, 1.807) is 0 Å². The highest BCUT2D eigenvalue weighted by Crippen LogP contribution is 2.29. The summed E-state index contributed by atoms with van der Waals surface area (Å²) in [5, 5.41) is 18.9. The van der Waals surface area contributed by atoms with E-state index in [1.165, 1.54) is 11.8 Å². The summed E-state index contributed by atoms with van der Waals surface area (Å²) in [6.45, 7) is 3.84. The van der Waals surface area contributed by atoms with Gasteiger partial charge in [-0.15, -0.1) is 10.2 Å². The van der Waals surface area contributed by atoms with Crippen LogP contribution < -0.4 is 4.90 Å². The summed E-state index contributed by atoms with van der Waals surface area (Å²) in [4.78, 5) is 16.3. The Labute approximate surface area is 154 Å². The van der Waals surface area contributed by atoms with Gasteiger partial charge in [0.2, 0.25) is 5.13 Å². The zero-order chi connectivity index (χ0) is 18.4. The summed E-state index contributed by atoms with van der Waals surface area (Å²) < 4.78 is 0. The maximum absolute atomic E-state index is 10.6. The normalized spacial score (nSPS) is 11.0. The molecule has 0 unspecified atom stereocenters. The van der Waals surface area contributed by atoms with Crippen molar-refractivity contribution < 1.29 is 4.92 Å². The molecule has 0 radical (unpaired) electrons. The molecule has 8 heteroatoms. The molecule has 7 nitrogen and oxygen atoms in total. The number of aromatic nitrogens is 1. The number of benzene rings is 2. The first-order valence-electron chi connectivity index (χ1n) is 8.06. The van der Waals surface area contributed by atoms with E-state index >= 15 is 0 Å². The van der Waals surface area contributed by atoms with Gasteiger partial charge in [-0.2, -0.15) is 0 Å². The van der Waals surface area contributed by atoms with Crippen LogP contribution in [0.1, 0.15) is 12.5 Å². The molecular weight excluding hydrogens is 350 g/mol. The summed E-state index contributed by atoms with van der Waals surface area (Å²) in [5.74, 6) is 0. The minimum Gasteiger partial charge on any atom is -0.367 e. The van der Waals surface area contributed by atoms with E-state index in [1.807, 2.05) is 42.5 Å². The van der Waals surface area contributed by atoms with Crippen molar-refractivity contribution in [1.82, 2.24) is 4.98 Å². The predicted octanol–water partition coefficient (Wildman–Crippen LogP) is 5.49. The lowest BCUT2D eigenvalue weighted by Crippen LogP contribution is -2.21. The first-order valence-corrected chi connectivity index (χ1v) is 8.88. The number of nitrogens with zero attached hydrogens (tertiary/aromatic N) is 5. The Balaban J connectivity index is 1.68. The molecule has 132 valence electrons. The summed E-state index contributed by atoms with van der Waals surface area (Å²) in [6, 6.07) is 18.0. The molecule has 0 aliphatic heterocycles. The van der Waals surface area contributed by atoms with Crippen molar-refractivity contribution in [2.45, 2.75) is 13.5 Å². The number of nitro groups is 1. The van der Waals surface area contributed by atoms with E-state index in [9.17, 15) is 10.1 Å². The first-order chi connectivity index (χ1) is 12.7. The Morgan fingerprint density at radius 1 is 1.12 bits per heavy atom. The van der Waals surface area contributed by atoms with Gasteiger partial charge in [-0.3, -0.25) is 10.1 Å². The Bertz CT molecular complexity index is 893. The second-order valence-corrected chi connectivity index (χ2v) is 6.44. The lowest BCUT2D eigenvalue weighted by Gasteiger charge is -2.23. The van der Waals surface area contributed by atoms with Gasteiger partial charge in [-0.05, 0) is 48.1 Å². The van der Waals surface area contributed by atoms with Crippen LogP contribution in [-0.2, 0) is 6.54 Å². The molecule has 0 amide bonds. The highest BCUT2D eigenvalue weighted by molar-refractivity contribution is 7.18. The van der Waals surface area contributed by atoms with Gasteiger partial charge in [0.1, 0.15) is 6.20 Å². The van der Waals surface area contributed by atoms with Crippen molar-refractivity contribution in [2.75, 3.05) is 11.4 Å². The number of thiazole rings is 1. The predicted molar refractivity (Wildman–Crippen MR) is 103 cm³/mol. The van der Waals surface area contributed by atoms with Gasteiger partial charge >= 0.3 is 5.00 Å². The van der Waals surface area contributed by atoms with Crippen LogP contribution in [0.5, 0.6) is 0 Å². The van der Waals surface area contributed by atoms with E-state index in [0.717, 1.165) is 30.1 Å². The van der Waals surface area contributed by atoms with Crippen molar-refractivity contribution in [1.29, 1.82) is 0 Å². The molecule has 1 heterocycles. The lowest BCUT2D eigenvalue weighted by atomic mass is 10.2. The maximum Gasteiger partial charge on any atom is 0.345 e. The molecule has 0 N–H and O–H groups in total. The summed E-state index contributed by atoms with van der Waals surface area (Å²) in [6.07, 6.45) is 1.19. The molecule has 3 aromatic rings. The second kappa shape index (κ2) is 8.30. The van der Waals surface area contributed by atoms with Crippen molar-refractivity contribution >= 4 is 32.8 Å². The quantitative estimate of drug-likeness (QED) is 0.314. The van der Waals surface area contributed by atoms with Gasteiger partial charge < -0.3 is 4.90 Å². The molecule has 1 aromatic heterocycles. The Morgan fingerprint density at radius 3 is 2.46 bits per heavy atom. The van der Waals surface area contributed by atoms with Crippen LogP contribution in [0.25, 0.3) is 0 Å². The summed E-state index contributed by atoms with van der Waals surface area (Å²) in [5.41, 5.74) is 3.02. The van der Waals surface area contributed by atoms with Gasteiger partial charge in [-0.25, -0.2) is 4.98 Å². The van der Waals surface area contributed by atoms with Crippen molar-refractivity contribution in [3.05, 3.63) is 76.5 Å². The van der Waals surface area contributed by atoms with Crippen LogP contribution in [0.2, 0.25) is 0 Å². The number of rotatable bonds is 7. The average Bonchev–Trinajstić information content (AvgIpc) is 3.15. The monoisotopic (exact) mass is 367 g/mol. The van der Waals surface area contributed by atoms with Gasteiger partial charge in [0.15, 0.2) is 0 Å². The molecule has 26 heavy (non-hydrogen) atoms. The minimum atomic E-state index is -0.489. The van der Waals surface area contributed by atoms with Crippen molar-refractivity contribution in [3.8, 4) is 0 Å². The minimum absolute atomic E-state index is 0.0474. The molecular formula is C18H17N5O2S. The number of hydrogen-bond donors (Lipinski definition) is 0. The summed E-state index contributed by atoms with van der Waals surface area (Å²) in [7, 11) is 0. The average molecular weight is 367 g/mol. The fourth-order valence-corrected chi connectivity index (χ4v) is 2.96. The SMILES string of the molecule is CCN(Cc1ccccc1)c1ccc(N=Nc2ncc([N+](=O)[O-])s2)cc1. The molecule has 2 aromatic carbocycles. The molecule has 0 spiro atoms. The van der Waals surface area contributed by atoms with E-state index in [2.05, 4.69) is 39.2 Å². The van der Waals surface area contributed by atoms with Crippen LogP contribution in [0.15, 0.2) is 71.0 Å². The second-order valence-electron chi connectivity index (χ2n) is 5.45. The van der Waals surface area contributed by atoms with Gasteiger partial charge in [0.05, 0.1) is 10.6 Å². The fourth-order valence-electron chi connectivity index (χ4n) is 2.41. The third-order valence-electron chi connectivity index (χ3n) is 3.73. The lowest BCUT2D eigenvalue weighted by molar-refractivity contribution is -0.380. The van der Waals surface area contributed by atoms with Crippen LogP contribution in [0, 0.1) is 10.1 Å². The smallest absolute Gasteiger partial charge is 0.345 e. The molecule has 0 aliphatic carbocycles. The number of hydrogen-bond acceptors (Lipinski definition) is 7. The standard InChI is InChI=1S/C18H17N5O2S/c1-2-22(13-14-6-4-3-5-7-14)16-10-8-15(9-11-16)20-21-18-19-12-17(26-18)23(24)25/h3-12H,2,13H2,1H3.